The molecule has 0 aliphatic carbocycles. The molecule has 0 spiro atoms. The van der Waals surface area contributed by atoms with Gasteiger partial charge >= 0.3 is 5.97 Å². The summed E-state index contributed by atoms with van der Waals surface area (Å²) in [6.07, 6.45) is 3.07. The Morgan fingerprint density at radius 3 is 2.65 bits per heavy atom. The predicted octanol–water partition coefficient (Wildman–Crippen LogP) is 3.57. The van der Waals surface area contributed by atoms with E-state index in [4.69, 9.17) is 10.5 Å². The van der Waals surface area contributed by atoms with Crippen molar-refractivity contribution in [3.05, 3.63) is 48.0 Å². The fraction of sp³-hybridized carbons (Fsp3) is 0.353. The Labute approximate surface area is 119 Å². The van der Waals surface area contributed by atoms with Crippen LogP contribution in [0.15, 0.2) is 42.5 Å². The van der Waals surface area contributed by atoms with Crippen LogP contribution in [0.2, 0.25) is 0 Å². The minimum absolute atomic E-state index is 0.351. The zero-order valence-electron chi connectivity index (χ0n) is 11.8. The summed E-state index contributed by atoms with van der Waals surface area (Å²) in [6, 6.07) is 13.1. The molecule has 3 nitrogen and oxygen atoms in total. The standard InChI is InChI=1S/C17H21NO2/c1-2-3-6-11-20-17(19)16(18)15-10-9-13-7-4-5-8-14(13)12-15/h4-5,7-10,12,16H,2-3,6,11,18H2,1H3. The Hall–Kier alpha value is -1.87. The molecule has 2 rings (SSSR count). The molecule has 0 saturated carbocycles. The highest BCUT2D eigenvalue weighted by molar-refractivity contribution is 5.85. The SMILES string of the molecule is CCCCCOC(=O)C(N)c1ccc2ccccc2c1. The van der Waals surface area contributed by atoms with Gasteiger partial charge in [-0.3, -0.25) is 0 Å². The second kappa shape index (κ2) is 7.06. The molecule has 1 unspecified atom stereocenters. The van der Waals surface area contributed by atoms with Gasteiger partial charge in [0.05, 0.1) is 6.61 Å². The Morgan fingerprint density at radius 2 is 1.90 bits per heavy atom. The molecule has 0 aliphatic heterocycles. The third-order valence-electron chi connectivity index (χ3n) is 3.38. The van der Waals surface area contributed by atoms with E-state index in [2.05, 4.69) is 6.92 Å². The van der Waals surface area contributed by atoms with Crippen LogP contribution >= 0.6 is 0 Å². The molecule has 0 fully saturated rings. The van der Waals surface area contributed by atoms with Gasteiger partial charge in [0.1, 0.15) is 6.04 Å². The number of fused-ring (bicyclic) bond motifs is 1. The van der Waals surface area contributed by atoms with Crippen molar-refractivity contribution in [3.63, 3.8) is 0 Å². The lowest BCUT2D eigenvalue weighted by Crippen LogP contribution is -2.24. The first-order valence-corrected chi connectivity index (χ1v) is 7.13. The number of hydrogen-bond acceptors (Lipinski definition) is 3. The molecular formula is C17H21NO2. The van der Waals surface area contributed by atoms with Gasteiger partial charge in [-0.15, -0.1) is 0 Å². The van der Waals surface area contributed by atoms with Gasteiger partial charge in [0.25, 0.3) is 0 Å². The average molecular weight is 271 g/mol. The molecule has 0 amide bonds. The fourth-order valence-electron chi connectivity index (χ4n) is 2.15. The van der Waals surface area contributed by atoms with Crippen LogP contribution in [0.1, 0.15) is 37.8 Å². The van der Waals surface area contributed by atoms with E-state index in [0.717, 1.165) is 35.6 Å². The maximum atomic E-state index is 11.9. The van der Waals surface area contributed by atoms with Crippen LogP contribution in [0, 0.1) is 0 Å². The Kier molecular flexibility index (Phi) is 5.13. The second-order valence-electron chi connectivity index (χ2n) is 4.96. The third kappa shape index (κ3) is 3.58. The van der Waals surface area contributed by atoms with E-state index in [1.807, 2.05) is 42.5 Å². The minimum Gasteiger partial charge on any atom is -0.464 e. The third-order valence-corrected chi connectivity index (χ3v) is 3.38. The van der Waals surface area contributed by atoms with Crippen LogP contribution in [0.5, 0.6) is 0 Å². The summed E-state index contributed by atoms with van der Waals surface area (Å²) >= 11 is 0. The van der Waals surface area contributed by atoms with Crippen molar-refractivity contribution in [1.29, 1.82) is 0 Å². The monoisotopic (exact) mass is 271 g/mol. The summed E-state index contributed by atoms with van der Waals surface area (Å²) in [4.78, 5) is 11.9. The van der Waals surface area contributed by atoms with E-state index in [-0.39, 0.29) is 5.97 Å². The van der Waals surface area contributed by atoms with Crippen LogP contribution in [0.25, 0.3) is 10.8 Å². The number of carbonyl (C=O) groups is 1. The topological polar surface area (TPSA) is 52.3 Å². The number of hydrogen-bond donors (Lipinski definition) is 1. The Balaban J connectivity index is 2.02. The lowest BCUT2D eigenvalue weighted by Gasteiger charge is -2.12. The van der Waals surface area contributed by atoms with Gasteiger partial charge in [0.2, 0.25) is 0 Å². The second-order valence-corrected chi connectivity index (χ2v) is 4.96. The van der Waals surface area contributed by atoms with Crippen LogP contribution in [0.3, 0.4) is 0 Å². The van der Waals surface area contributed by atoms with E-state index >= 15 is 0 Å². The zero-order valence-corrected chi connectivity index (χ0v) is 11.8. The number of ether oxygens (including phenoxy) is 1. The molecule has 106 valence electrons. The Morgan fingerprint density at radius 1 is 1.15 bits per heavy atom. The maximum Gasteiger partial charge on any atom is 0.327 e. The molecule has 2 aromatic carbocycles. The van der Waals surface area contributed by atoms with Gasteiger partial charge in [-0.1, -0.05) is 56.2 Å². The number of benzene rings is 2. The molecule has 0 heterocycles. The minimum atomic E-state index is -0.707. The smallest absolute Gasteiger partial charge is 0.327 e. The highest BCUT2D eigenvalue weighted by Crippen LogP contribution is 2.20. The number of esters is 1. The van der Waals surface area contributed by atoms with Gasteiger partial charge in [-0.2, -0.15) is 0 Å². The number of rotatable bonds is 6. The van der Waals surface area contributed by atoms with E-state index < -0.39 is 6.04 Å². The van der Waals surface area contributed by atoms with Gasteiger partial charge in [-0.25, -0.2) is 4.79 Å². The summed E-state index contributed by atoms with van der Waals surface area (Å²) in [5.74, 6) is -0.351. The molecule has 20 heavy (non-hydrogen) atoms. The van der Waals surface area contributed by atoms with Crippen LogP contribution in [-0.2, 0) is 9.53 Å². The van der Waals surface area contributed by atoms with E-state index in [1.54, 1.807) is 0 Å². The van der Waals surface area contributed by atoms with Crippen molar-refractivity contribution in [2.45, 2.75) is 32.2 Å². The lowest BCUT2D eigenvalue weighted by atomic mass is 10.0. The summed E-state index contributed by atoms with van der Waals surface area (Å²) in [6.45, 7) is 2.57. The van der Waals surface area contributed by atoms with Crippen molar-refractivity contribution in [2.75, 3.05) is 6.61 Å². The molecule has 0 aromatic heterocycles. The summed E-state index contributed by atoms with van der Waals surface area (Å²) in [5.41, 5.74) is 6.77. The molecule has 3 heteroatoms. The van der Waals surface area contributed by atoms with Crippen LogP contribution in [0.4, 0.5) is 0 Å². The molecule has 0 radical (unpaired) electrons. The fourth-order valence-corrected chi connectivity index (χ4v) is 2.15. The van der Waals surface area contributed by atoms with Crippen LogP contribution in [-0.4, -0.2) is 12.6 Å². The number of nitrogens with two attached hydrogens (primary N) is 1. The van der Waals surface area contributed by atoms with Crippen molar-refractivity contribution in [2.24, 2.45) is 5.73 Å². The molecule has 2 N–H and O–H groups in total. The highest BCUT2D eigenvalue weighted by Gasteiger charge is 2.17. The molecule has 0 saturated heterocycles. The molecule has 0 bridgehead atoms. The molecular weight excluding hydrogens is 250 g/mol. The molecule has 1 atom stereocenters. The summed E-state index contributed by atoms with van der Waals surface area (Å²) < 4.78 is 5.21. The van der Waals surface area contributed by atoms with E-state index in [9.17, 15) is 4.79 Å². The summed E-state index contributed by atoms with van der Waals surface area (Å²) in [7, 11) is 0. The van der Waals surface area contributed by atoms with Crippen molar-refractivity contribution < 1.29 is 9.53 Å². The number of unbranched alkanes of at least 4 members (excludes halogenated alkanes) is 2. The normalized spacial score (nSPS) is 12.3. The molecule has 0 aliphatic rings. The maximum absolute atomic E-state index is 11.9. The first-order chi connectivity index (χ1) is 9.72. The van der Waals surface area contributed by atoms with Gasteiger partial charge in [0.15, 0.2) is 0 Å². The lowest BCUT2D eigenvalue weighted by molar-refractivity contribution is -0.145. The van der Waals surface area contributed by atoms with Crippen LogP contribution < -0.4 is 5.73 Å². The predicted molar refractivity (Wildman–Crippen MR) is 81.4 cm³/mol. The zero-order chi connectivity index (χ0) is 14.4. The van der Waals surface area contributed by atoms with Crippen molar-refractivity contribution in [3.8, 4) is 0 Å². The highest BCUT2D eigenvalue weighted by atomic mass is 16.5. The van der Waals surface area contributed by atoms with E-state index in [0.29, 0.717) is 6.61 Å². The van der Waals surface area contributed by atoms with Gasteiger partial charge < -0.3 is 10.5 Å². The quantitative estimate of drug-likeness (QED) is 0.645. The number of carbonyl (C=O) groups excluding carboxylic acids is 1. The largest absolute Gasteiger partial charge is 0.464 e. The van der Waals surface area contributed by atoms with Gasteiger partial charge in [0, 0.05) is 0 Å². The average Bonchev–Trinajstić information content (AvgIpc) is 2.50. The van der Waals surface area contributed by atoms with Crippen molar-refractivity contribution >= 4 is 16.7 Å². The summed E-state index contributed by atoms with van der Waals surface area (Å²) in [5, 5.41) is 2.22. The molecule has 2 aromatic rings. The van der Waals surface area contributed by atoms with Gasteiger partial charge in [-0.05, 0) is 28.8 Å². The first kappa shape index (κ1) is 14.5. The first-order valence-electron chi connectivity index (χ1n) is 7.13. The van der Waals surface area contributed by atoms with E-state index in [1.165, 1.54) is 0 Å². The Bertz CT molecular complexity index is 580. The van der Waals surface area contributed by atoms with Crippen molar-refractivity contribution in [1.82, 2.24) is 0 Å².